The van der Waals surface area contributed by atoms with Crippen molar-refractivity contribution in [1.82, 2.24) is 25.9 Å². The van der Waals surface area contributed by atoms with E-state index >= 15 is 0 Å². The van der Waals surface area contributed by atoms with Crippen LogP contribution in [0, 0.1) is 0 Å². The van der Waals surface area contributed by atoms with E-state index in [4.69, 9.17) is 22.3 Å². The number of hydrogen-bond donors (Lipinski definition) is 8. The van der Waals surface area contributed by atoms with Crippen molar-refractivity contribution in [3.05, 3.63) is 18.2 Å². The van der Waals surface area contributed by atoms with Gasteiger partial charge in [0.1, 0.15) is 18.1 Å². The Balaban J connectivity index is 2.95. The second kappa shape index (κ2) is 13.8. The molecule has 0 radical (unpaired) electrons. The van der Waals surface area contributed by atoms with Gasteiger partial charge in [0, 0.05) is 18.3 Å². The average molecular weight is 469 g/mol. The minimum Gasteiger partial charge on any atom is -0.480 e. The van der Waals surface area contributed by atoms with E-state index in [0.29, 0.717) is 31.5 Å². The molecule has 184 valence electrons. The Kier molecular flexibility index (Phi) is 11.5. The van der Waals surface area contributed by atoms with Crippen LogP contribution in [-0.4, -0.2) is 75.4 Å². The molecule has 0 saturated carbocycles. The fraction of sp³-hybridized carbons (Fsp3) is 0.579. The van der Waals surface area contributed by atoms with Crippen LogP contribution in [0.5, 0.6) is 0 Å². The zero-order valence-corrected chi connectivity index (χ0v) is 18.4. The quantitative estimate of drug-likeness (QED) is 0.121. The molecule has 0 aromatic carbocycles. The van der Waals surface area contributed by atoms with Gasteiger partial charge < -0.3 is 43.2 Å². The molecular formula is C19H32N8O6. The van der Waals surface area contributed by atoms with Crippen molar-refractivity contribution in [2.75, 3.05) is 6.54 Å². The number of aromatic nitrogens is 2. The molecular weight excluding hydrogens is 436 g/mol. The van der Waals surface area contributed by atoms with Gasteiger partial charge in [0.15, 0.2) is 0 Å². The summed E-state index contributed by atoms with van der Waals surface area (Å²) < 4.78 is 0. The molecule has 4 unspecified atom stereocenters. The Labute approximate surface area is 190 Å². The van der Waals surface area contributed by atoms with Crippen molar-refractivity contribution >= 4 is 29.6 Å². The van der Waals surface area contributed by atoms with E-state index in [2.05, 4.69) is 25.9 Å². The molecule has 0 spiro atoms. The first-order valence-electron chi connectivity index (χ1n) is 10.4. The van der Waals surface area contributed by atoms with Crippen molar-refractivity contribution in [3.63, 3.8) is 0 Å². The molecule has 0 saturated heterocycles. The van der Waals surface area contributed by atoms with E-state index in [1.54, 1.807) is 0 Å². The number of H-pyrrole nitrogens is 1. The van der Waals surface area contributed by atoms with E-state index in [1.165, 1.54) is 19.4 Å². The Bertz CT molecular complexity index is 815. The molecule has 0 bridgehead atoms. The van der Waals surface area contributed by atoms with E-state index < -0.39 is 60.2 Å². The monoisotopic (exact) mass is 468 g/mol. The number of imidazole rings is 1. The number of carboxylic acid groups (broad SMARTS) is 1. The number of aliphatic carboxylic acids is 1. The highest BCUT2D eigenvalue weighted by Gasteiger charge is 2.30. The molecule has 14 nitrogen and oxygen atoms in total. The number of unbranched alkanes of at least 4 members (excludes halogenated alkanes) is 1. The molecule has 1 aromatic rings. The van der Waals surface area contributed by atoms with Gasteiger partial charge in [-0.25, -0.2) is 4.98 Å². The molecule has 14 heteroatoms. The number of amides is 4. The highest BCUT2D eigenvalue weighted by molar-refractivity contribution is 5.96. The van der Waals surface area contributed by atoms with Crippen molar-refractivity contribution in [2.45, 2.75) is 63.2 Å². The van der Waals surface area contributed by atoms with Crippen LogP contribution in [0.3, 0.4) is 0 Å². The van der Waals surface area contributed by atoms with E-state index in [9.17, 15) is 24.0 Å². The van der Waals surface area contributed by atoms with Crippen LogP contribution >= 0.6 is 0 Å². The number of carbonyl (C=O) groups excluding carboxylic acids is 4. The third-order valence-corrected chi connectivity index (χ3v) is 4.69. The van der Waals surface area contributed by atoms with Crippen LogP contribution < -0.4 is 33.2 Å². The highest BCUT2D eigenvalue weighted by Crippen LogP contribution is 2.04. The third-order valence-electron chi connectivity index (χ3n) is 4.69. The minimum absolute atomic E-state index is 0.0104. The molecule has 0 aliphatic rings. The maximum Gasteiger partial charge on any atom is 0.325 e. The van der Waals surface area contributed by atoms with Crippen molar-refractivity contribution in [2.24, 2.45) is 17.2 Å². The maximum absolute atomic E-state index is 12.9. The van der Waals surface area contributed by atoms with Gasteiger partial charge in [-0.1, -0.05) is 6.42 Å². The number of carbonyl (C=O) groups is 5. The Morgan fingerprint density at radius 3 is 2.24 bits per heavy atom. The van der Waals surface area contributed by atoms with Crippen molar-refractivity contribution in [3.8, 4) is 0 Å². The van der Waals surface area contributed by atoms with Crippen molar-refractivity contribution < 1.29 is 29.1 Å². The second-order valence-corrected chi connectivity index (χ2v) is 7.53. The second-order valence-electron chi connectivity index (χ2n) is 7.53. The Morgan fingerprint density at radius 1 is 1.06 bits per heavy atom. The summed E-state index contributed by atoms with van der Waals surface area (Å²) in [6.45, 7) is 1.68. The van der Waals surface area contributed by atoms with E-state index in [0.717, 1.165) is 0 Å². The van der Waals surface area contributed by atoms with Crippen LogP contribution in [0.25, 0.3) is 0 Å². The van der Waals surface area contributed by atoms with E-state index in [-0.39, 0.29) is 6.42 Å². The van der Waals surface area contributed by atoms with Crippen LogP contribution in [-0.2, 0) is 30.4 Å². The third kappa shape index (κ3) is 10.1. The molecule has 1 heterocycles. The predicted molar refractivity (Wildman–Crippen MR) is 116 cm³/mol. The lowest BCUT2D eigenvalue weighted by Gasteiger charge is -2.24. The molecule has 0 aliphatic carbocycles. The van der Waals surface area contributed by atoms with Gasteiger partial charge in [-0.15, -0.1) is 0 Å². The van der Waals surface area contributed by atoms with Crippen LogP contribution in [0.15, 0.2) is 12.5 Å². The van der Waals surface area contributed by atoms with Gasteiger partial charge in [0.2, 0.25) is 23.6 Å². The Morgan fingerprint density at radius 2 is 1.70 bits per heavy atom. The molecule has 4 amide bonds. The zero-order valence-electron chi connectivity index (χ0n) is 18.4. The number of nitrogens with one attached hydrogen (secondary N) is 4. The summed E-state index contributed by atoms with van der Waals surface area (Å²) in [4.78, 5) is 66.9. The van der Waals surface area contributed by atoms with Crippen LogP contribution in [0.1, 0.15) is 38.3 Å². The lowest BCUT2D eigenvalue weighted by atomic mass is 10.1. The number of aromatic amines is 1. The van der Waals surface area contributed by atoms with Gasteiger partial charge in [-0.2, -0.15) is 0 Å². The summed E-state index contributed by atoms with van der Waals surface area (Å²) in [6, 6.07) is -4.76. The van der Waals surface area contributed by atoms with E-state index in [1.807, 2.05) is 0 Å². The standard InChI is InChI=1S/C19H32N8O6/c1-10(19(32)33)25-17(30)14(7-15(22)28)27-18(31)13(6-11-8-23-9-24-11)26-16(29)12(21)4-2-3-5-20/h8-10,12-14H,2-7,20-21H2,1H3,(H2,22,28)(H,23,24)(H,25,30)(H,26,29)(H,27,31)(H,32,33). The van der Waals surface area contributed by atoms with Gasteiger partial charge in [0.05, 0.1) is 18.8 Å². The van der Waals surface area contributed by atoms with Crippen molar-refractivity contribution in [1.29, 1.82) is 0 Å². The Hall–Kier alpha value is -3.52. The molecule has 1 rings (SSSR count). The largest absolute Gasteiger partial charge is 0.480 e. The fourth-order valence-corrected chi connectivity index (χ4v) is 2.80. The van der Waals surface area contributed by atoms with Gasteiger partial charge in [-0.3, -0.25) is 24.0 Å². The summed E-state index contributed by atoms with van der Waals surface area (Å²) in [5.41, 5.74) is 17.0. The van der Waals surface area contributed by atoms with Gasteiger partial charge >= 0.3 is 5.97 Å². The molecule has 11 N–H and O–H groups in total. The number of nitrogens with zero attached hydrogens (tertiary/aromatic N) is 1. The topological polar surface area (TPSA) is 248 Å². The summed E-state index contributed by atoms with van der Waals surface area (Å²) in [6.07, 6.45) is 3.94. The summed E-state index contributed by atoms with van der Waals surface area (Å²) in [5.74, 6) is -4.49. The first-order valence-corrected chi connectivity index (χ1v) is 10.4. The van der Waals surface area contributed by atoms with Crippen LogP contribution in [0.4, 0.5) is 0 Å². The highest BCUT2D eigenvalue weighted by atomic mass is 16.4. The maximum atomic E-state index is 12.9. The summed E-state index contributed by atoms with van der Waals surface area (Å²) in [7, 11) is 0. The van der Waals surface area contributed by atoms with Gasteiger partial charge in [0.25, 0.3) is 0 Å². The average Bonchev–Trinajstić information content (AvgIpc) is 3.25. The molecule has 0 aliphatic heterocycles. The first-order chi connectivity index (χ1) is 15.5. The lowest BCUT2D eigenvalue weighted by Crippen LogP contribution is -2.58. The summed E-state index contributed by atoms with van der Waals surface area (Å²) in [5, 5.41) is 16.0. The minimum atomic E-state index is -1.45. The number of primary amides is 1. The first kappa shape index (κ1) is 27.5. The number of hydrogen-bond acceptors (Lipinski definition) is 8. The predicted octanol–water partition coefficient (Wildman–Crippen LogP) is -3.16. The molecule has 1 aromatic heterocycles. The van der Waals surface area contributed by atoms with Gasteiger partial charge in [-0.05, 0) is 26.3 Å². The summed E-state index contributed by atoms with van der Waals surface area (Å²) >= 11 is 0. The number of nitrogens with two attached hydrogens (primary N) is 3. The molecule has 33 heavy (non-hydrogen) atoms. The molecule has 4 atom stereocenters. The lowest BCUT2D eigenvalue weighted by molar-refractivity contribution is -0.142. The van der Waals surface area contributed by atoms with Crippen LogP contribution in [0.2, 0.25) is 0 Å². The smallest absolute Gasteiger partial charge is 0.325 e. The molecule has 0 fully saturated rings. The zero-order chi connectivity index (χ0) is 25.0. The fourth-order valence-electron chi connectivity index (χ4n) is 2.80. The normalized spacial score (nSPS) is 14.4. The SMILES string of the molecule is CC(NC(=O)C(CC(N)=O)NC(=O)C(Cc1cnc[nH]1)NC(=O)C(N)CCCCN)C(=O)O. The number of carboxylic acids is 1. The number of rotatable bonds is 15.